The van der Waals surface area contributed by atoms with Gasteiger partial charge in [-0.1, -0.05) is 12.5 Å². The number of aryl methyl sites for hydroxylation is 1. The first-order valence-corrected chi connectivity index (χ1v) is 11.3. The predicted molar refractivity (Wildman–Crippen MR) is 116 cm³/mol. The van der Waals surface area contributed by atoms with Crippen LogP contribution < -0.4 is 10.9 Å². The zero-order valence-corrected chi connectivity index (χ0v) is 17.5. The van der Waals surface area contributed by atoms with Crippen molar-refractivity contribution in [1.82, 2.24) is 9.29 Å². The number of piperidine rings is 1. The lowest BCUT2D eigenvalue weighted by Gasteiger charge is -2.25. The molecule has 156 valence electrons. The first-order valence-electron chi connectivity index (χ1n) is 9.90. The molecule has 1 aromatic heterocycles. The maximum absolute atomic E-state index is 12.7. The van der Waals surface area contributed by atoms with Crippen molar-refractivity contribution >= 4 is 32.5 Å². The molecule has 0 atom stereocenters. The number of benzene rings is 2. The molecule has 3 aromatic rings. The molecular weight excluding hydrogens is 402 g/mol. The molecule has 2 aromatic carbocycles. The second-order valence-electron chi connectivity index (χ2n) is 7.52. The molecule has 2 heterocycles. The van der Waals surface area contributed by atoms with E-state index < -0.39 is 10.0 Å². The summed E-state index contributed by atoms with van der Waals surface area (Å²) in [6.45, 7) is 2.93. The van der Waals surface area contributed by atoms with Gasteiger partial charge in [0.25, 0.3) is 5.91 Å². The van der Waals surface area contributed by atoms with E-state index in [1.54, 1.807) is 12.1 Å². The second kappa shape index (κ2) is 8.04. The molecular formula is C22H23N3O4S. The number of nitrogens with zero attached hydrogens (tertiary/aromatic N) is 1. The molecule has 0 radical (unpaired) electrons. The molecule has 8 heteroatoms. The van der Waals surface area contributed by atoms with Gasteiger partial charge in [-0.25, -0.2) is 8.42 Å². The van der Waals surface area contributed by atoms with Crippen molar-refractivity contribution in [2.24, 2.45) is 0 Å². The van der Waals surface area contributed by atoms with Crippen molar-refractivity contribution in [2.75, 3.05) is 18.4 Å². The molecule has 1 fully saturated rings. The number of hydrogen-bond donors (Lipinski definition) is 2. The maximum Gasteiger partial charge on any atom is 0.255 e. The fourth-order valence-corrected chi connectivity index (χ4v) is 5.27. The standard InChI is InChI=1S/C22H23N3O4S/c1-15-13-21(26)24-20-14-17(7-10-19(15)20)23-22(27)16-5-8-18(9-6-16)30(28,29)25-11-3-2-4-12-25/h5-10,13-14H,2-4,11-12H2,1H3,(H,23,27)(H,24,26). The van der Waals surface area contributed by atoms with Gasteiger partial charge >= 0.3 is 0 Å². The van der Waals surface area contributed by atoms with Gasteiger partial charge in [0.15, 0.2) is 0 Å². The van der Waals surface area contributed by atoms with Crippen LogP contribution >= 0.6 is 0 Å². The summed E-state index contributed by atoms with van der Waals surface area (Å²) < 4.78 is 27.0. The number of aromatic nitrogens is 1. The van der Waals surface area contributed by atoms with Crippen LogP contribution in [0.4, 0.5) is 5.69 Å². The van der Waals surface area contributed by atoms with Crippen molar-refractivity contribution < 1.29 is 13.2 Å². The fraction of sp³-hybridized carbons (Fsp3) is 0.273. The number of carbonyl (C=O) groups excluding carboxylic acids is 1. The van der Waals surface area contributed by atoms with E-state index in [1.807, 2.05) is 13.0 Å². The highest BCUT2D eigenvalue weighted by Crippen LogP contribution is 2.22. The number of sulfonamides is 1. The minimum Gasteiger partial charge on any atom is -0.322 e. The van der Waals surface area contributed by atoms with Crippen LogP contribution in [0.25, 0.3) is 10.9 Å². The Balaban J connectivity index is 1.53. The molecule has 2 N–H and O–H groups in total. The van der Waals surface area contributed by atoms with E-state index >= 15 is 0 Å². The molecule has 0 bridgehead atoms. The third kappa shape index (κ3) is 4.01. The summed E-state index contributed by atoms with van der Waals surface area (Å²) in [5.74, 6) is -0.355. The number of H-pyrrole nitrogens is 1. The highest BCUT2D eigenvalue weighted by atomic mass is 32.2. The first kappa shape index (κ1) is 20.3. The van der Waals surface area contributed by atoms with Gasteiger partial charge in [0, 0.05) is 35.8 Å². The topological polar surface area (TPSA) is 99.3 Å². The largest absolute Gasteiger partial charge is 0.322 e. The SMILES string of the molecule is Cc1cc(=O)[nH]c2cc(NC(=O)c3ccc(S(=O)(=O)N4CCCCC4)cc3)ccc12. The number of hydrogen-bond acceptors (Lipinski definition) is 4. The smallest absolute Gasteiger partial charge is 0.255 e. The number of amides is 1. The van der Waals surface area contributed by atoms with Gasteiger partial charge < -0.3 is 10.3 Å². The lowest BCUT2D eigenvalue weighted by atomic mass is 10.1. The average molecular weight is 426 g/mol. The Kier molecular flexibility index (Phi) is 5.44. The van der Waals surface area contributed by atoms with E-state index in [9.17, 15) is 18.0 Å². The van der Waals surface area contributed by atoms with E-state index in [4.69, 9.17) is 0 Å². The van der Waals surface area contributed by atoms with Gasteiger partial charge in [-0.3, -0.25) is 9.59 Å². The molecule has 0 unspecified atom stereocenters. The summed E-state index contributed by atoms with van der Waals surface area (Å²) in [6.07, 6.45) is 2.79. The summed E-state index contributed by atoms with van der Waals surface area (Å²) >= 11 is 0. The Morgan fingerprint density at radius 3 is 2.40 bits per heavy atom. The average Bonchev–Trinajstić information content (AvgIpc) is 2.74. The van der Waals surface area contributed by atoms with Gasteiger partial charge in [0.2, 0.25) is 15.6 Å². The number of rotatable bonds is 4. The number of carbonyl (C=O) groups is 1. The van der Waals surface area contributed by atoms with Crippen LogP contribution in [0.2, 0.25) is 0 Å². The van der Waals surface area contributed by atoms with Crippen LogP contribution in [-0.4, -0.2) is 36.7 Å². The van der Waals surface area contributed by atoms with Gasteiger partial charge in [0.05, 0.1) is 10.4 Å². The predicted octanol–water partition coefficient (Wildman–Crippen LogP) is 3.26. The summed E-state index contributed by atoms with van der Waals surface area (Å²) in [4.78, 5) is 27.2. The third-order valence-electron chi connectivity index (χ3n) is 5.38. The highest BCUT2D eigenvalue weighted by molar-refractivity contribution is 7.89. The van der Waals surface area contributed by atoms with Crippen molar-refractivity contribution in [3.63, 3.8) is 0 Å². The van der Waals surface area contributed by atoms with Crippen LogP contribution in [0.1, 0.15) is 35.2 Å². The molecule has 7 nitrogen and oxygen atoms in total. The van der Waals surface area contributed by atoms with Crippen LogP contribution in [0.15, 0.2) is 58.2 Å². The van der Waals surface area contributed by atoms with Gasteiger partial charge in [0.1, 0.15) is 0 Å². The number of anilines is 1. The number of aromatic amines is 1. The lowest BCUT2D eigenvalue weighted by molar-refractivity contribution is 0.102. The van der Waals surface area contributed by atoms with Crippen molar-refractivity contribution in [2.45, 2.75) is 31.1 Å². The zero-order chi connectivity index (χ0) is 21.3. The zero-order valence-electron chi connectivity index (χ0n) is 16.6. The minimum atomic E-state index is -3.53. The van der Waals surface area contributed by atoms with E-state index in [0.29, 0.717) is 29.9 Å². The fourth-order valence-electron chi connectivity index (χ4n) is 3.75. The van der Waals surface area contributed by atoms with E-state index in [-0.39, 0.29) is 16.4 Å². The van der Waals surface area contributed by atoms with Crippen molar-refractivity contribution in [1.29, 1.82) is 0 Å². The Morgan fingerprint density at radius 2 is 1.70 bits per heavy atom. The maximum atomic E-state index is 12.7. The molecule has 30 heavy (non-hydrogen) atoms. The summed E-state index contributed by atoms with van der Waals surface area (Å²) in [6, 6.07) is 12.8. The molecule has 1 aliphatic rings. The Labute approximate surface area is 174 Å². The summed E-state index contributed by atoms with van der Waals surface area (Å²) in [5.41, 5.74) is 2.19. The minimum absolute atomic E-state index is 0.194. The van der Waals surface area contributed by atoms with E-state index in [0.717, 1.165) is 30.2 Å². The number of pyridine rings is 1. The Hall–Kier alpha value is -2.97. The van der Waals surface area contributed by atoms with Crippen LogP contribution in [-0.2, 0) is 10.0 Å². The number of nitrogens with one attached hydrogen (secondary N) is 2. The molecule has 0 saturated carbocycles. The summed E-state index contributed by atoms with van der Waals surface area (Å²) in [5, 5.41) is 3.69. The van der Waals surface area contributed by atoms with E-state index in [1.165, 1.54) is 34.6 Å². The molecule has 1 aliphatic heterocycles. The van der Waals surface area contributed by atoms with Gasteiger partial charge in [-0.05, 0) is 61.7 Å². The van der Waals surface area contributed by atoms with Crippen molar-refractivity contribution in [3.05, 3.63) is 70.0 Å². The van der Waals surface area contributed by atoms with Gasteiger partial charge in [-0.2, -0.15) is 4.31 Å². The Bertz CT molecular complexity index is 1260. The quantitative estimate of drug-likeness (QED) is 0.670. The molecule has 1 saturated heterocycles. The van der Waals surface area contributed by atoms with Crippen molar-refractivity contribution in [3.8, 4) is 0 Å². The summed E-state index contributed by atoms with van der Waals surface area (Å²) in [7, 11) is -3.53. The number of fused-ring (bicyclic) bond motifs is 1. The molecule has 4 rings (SSSR count). The van der Waals surface area contributed by atoms with E-state index in [2.05, 4.69) is 10.3 Å². The molecule has 0 spiro atoms. The monoisotopic (exact) mass is 425 g/mol. The van der Waals surface area contributed by atoms with Crippen LogP contribution in [0.3, 0.4) is 0 Å². The normalized spacial score (nSPS) is 15.2. The first-order chi connectivity index (χ1) is 14.3. The van der Waals surface area contributed by atoms with Gasteiger partial charge in [-0.15, -0.1) is 0 Å². The molecule has 1 amide bonds. The second-order valence-corrected chi connectivity index (χ2v) is 9.46. The van der Waals surface area contributed by atoms with Crippen LogP contribution in [0.5, 0.6) is 0 Å². The third-order valence-corrected chi connectivity index (χ3v) is 7.29. The lowest BCUT2D eigenvalue weighted by Crippen LogP contribution is -2.35. The van der Waals surface area contributed by atoms with Crippen LogP contribution in [0, 0.1) is 6.92 Å². The Morgan fingerprint density at radius 1 is 1.00 bits per heavy atom. The molecule has 0 aliphatic carbocycles. The highest BCUT2D eigenvalue weighted by Gasteiger charge is 2.25.